The van der Waals surface area contributed by atoms with E-state index in [1.54, 1.807) is 31.5 Å². The normalized spacial score (nSPS) is 11.9. The minimum atomic E-state index is -0.281. The molecule has 0 saturated heterocycles. The second-order valence-corrected chi connectivity index (χ2v) is 6.76. The molecule has 1 aliphatic rings. The number of anilines is 2. The molecule has 1 N–H and O–H groups in total. The Morgan fingerprint density at radius 2 is 1.89 bits per heavy atom. The summed E-state index contributed by atoms with van der Waals surface area (Å²) >= 11 is 5.65. The maximum absolute atomic E-state index is 13.9. The van der Waals surface area contributed by atoms with E-state index < -0.39 is 0 Å². The molecule has 4 rings (SSSR count). The molecule has 0 spiro atoms. The fourth-order valence-electron chi connectivity index (χ4n) is 2.87. The van der Waals surface area contributed by atoms with Crippen LogP contribution in [0, 0.1) is 12.7 Å². The molecule has 0 amide bonds. The van der Waals surface area contributed by atoms with Gasteiger partial charge in [0.15, 0.2) is 16.6 Å². The van der Waals surface area contributed by atoms with Crippen molar-refractivity contribution in [3.8, 4) is 11.5 Å². The van der Waals surface area contributed by atoms with Gasteiger partial charge < -0.3 is 19.7 Å². The van der Waals surface area contributed by atoms with Crippen molar-refractivity contribution in [3.05, 3.63) is 77.9 Å². The van der Waals surface area contributed by atoms with Gasteiger partial charge in [0.25, 0.3) is 0 Å². The van der Waals surface area contributed by atoms with Gasteiger partial charge in [-0.25, -0.2) is 4.39 Å². The Hall–Kier alpha value is -3.19. The van der Waals surface area contributed by atoms with Crippen molar-refractivity contribution in [1.82, 2.24) is 4.98 Å². The van der Waals surface area contributed by atoms with E-state index in [0.29, 0.717) is 34.4 Å². The highest BCUT2D eigenvalue weighted by atomic mass is 32.1. The zero-order chi connectivity index (χ0) is 19.5. The summed E-state index contributed by atoms with van der Waals surface area (Å²) in [5.41, 5.74) is 3.05. The number of nitrogens with one attached hydrogen (secondary N) is 1. The number of halogens is 1. The highest BCUT2D eigenvalue weighted by Gasteiger charge is 2.19. The van der Waals surface area contributed by atoms with Crippen LogP contribution in [0.25, 0.3) is 0 Å². The number of hydrogen-bond acceptors (Lipinski definition) is 4. The molecule has 2 heterocycles. The summed E-state index contributed by atoms with van der Waals surface area (Å²) in [5, 5.41) is 3.57. The van der Waals surface area contributed by atoms with E-state index in [2.05, 4.69) is 10.3 Å². The van der Waals surface area contributed by atoms with Crippen LogP contribution in [0.1, 0.15) is 11.1 Å². The Morgan fingerprint density at radius 3 is 2.68 bits per heavy atom. The average molecular weight is 395 g/mol. The minimum absolute atomic E-state index is 0.203. The topological polar surface area (TPSA) is 46.6 Å². The van der Waals surface area contributed by atoms with E-state index in [-0.39, 0.29) is 12.6 Å². The monoisotopic (exact) mass is 395 g/mol. The van der Waals surface area contributed by atoms with Gasteiger partial charge in [-0.2, -0.15) is 0 Å². The molecule has 142 valence electrons. The first kappa shape index (κ1) is 18.2. The van der Waals surface area contributed by atoms with Crippen LogP contribution in [0.3, 0.4) is 0 Å². The van der Waals surface area contributed by atoms with Crippen LogP contribution in [0.15, 0.2) is 60.9 Å². The summed E-state index contributed by atoms with van der Waals surface area (Å²) in [6.07, 6.45) is 3.47. The summed E-state index contributed by atoms with van der Waals surface area (Å²) in [5.74, 6) is 1.09. The summed E-state index contributed by atoms with van der Waals surface area (Å²) < 4.78 is 24.8. The van der Waals surface area contributed by atoms with E-state index >= 15 is 0 Å². The summed E-state index contributed by atoms with van der Waals surface area (Å²) in [6.45, 7) is 2.44. The van der Waals surface area contributed by atoms with Gasteiger partial charge in [0.05, 0.1) is 6.54 Å². The first-order valence-electron chi connectivity index (χ1n) is 8.73. The quantitative estimate of drug-likeness (QED) is 0.649. The molecule has 0 atom stereocenters. The second-order valence-electron chi connectivity index (χ2n) is 6.37. The molecule has 0 fully saturated rings. The third-order valence-electron chi connectivity index (χ3n) is 4.43. The Balaban J connectivity index is 1.63. The van der Waals surface area contributed by atoms with E-state index in [9.17, 15) is 4.39 Å². The van der Waals surface area contributed by atoms with Crippen molar-refractivity contribution in [2.24, 2.45) is 0 Å². The number of rotatable bonds is 4. The Labute approximate surface area is 167 Å². The fourth-order valence-corrected chi connectivity index (χ4v) is 3.15. The first-order valence-corrected chi connectivity index (χ1v) is 9.14. The third kappa shape index (κ3) is 3.89. The molecule has 7 heteroatoms. The fraction of sp³-hybridized carbons (Fsp3) is 0.143. The first-order chi connectivity index (χ1) is 13.6. The number of aryl methyl sites for hydroxylation is 1. The van der Waals surface area contributed by atoms with Gasteiger partial charge in [-0.1, -0.05) is 6.07 Å². The van der Waals surface area contributed by atoms with Crippen LogP contribution in [-0.2, 0) is 6.54 Å². The maximum atomic E-state index is 13.9. The number of fused-ring (bicyclic) bond motifs is 1. The summed E-state index contributed by atoms with van der Waals surface area (Å²) in [6, 6.07) is 14.5. The number of pyridine rings is 1. The molecule has 5 nitrogen and oxygen atoms in total. The number of benzene rings is 2. The summed E-state index contributed by atoms with van der Waals surface area (Å²) in [7, 11) is 0. The lowest BCUT2D eigenvalue weighted by atomic mass is 10.2. The maximum Gasteiger partial charge on any atom is 0.231 e. The third-order valence-corrected chi connectivity index (χ3v) is 4.75. The largest absolute Gasteiger partial charge is 0.454 e. The van der Waals surface area contributed by atoms with Gasteiger partial charge in [-0.3, -0.25) is 4.98 Å². The number of hydrogen-bond donors (Lipinski definition) is 1. The zero-order valence-electron chi connectivity index (χ0n) is 15.2. The highest BCUT2D eigenvalue weighted by Crippen LogP contribution is 2.36. The lowest BCUT2D eigenvalue weighted by Gasteiger charge is -2.26. The van der Waals surface area contributed by atoms with Crippen LogP contribution in [0.4, 0.5) is 15.8 Å². The molecule has 1 aliphatic heterocycles. The second kappa shape index (κ2) is 7.82. The van der Waals surface area contributed by atoms with Gasteiger partial charge in [0.2, 0.25) is 6.79 Å². The van der Waals surface area contributed by atoms with E-state index in [1.165, 1.54) is 6.07 Å². The predicted molar refractivity (Wildman–Crippen MR) is 110 cm³/mol. The van der Waals surface area contributed by atoms with Crippen molar-refractivity contribution in [1.29, 1.82) is 0 Å². The molecule has 0 radical (unpaired) electrons. The van der Waals surface area contributed by atoms with Crippen LogP contribution < -0.4 is 19.7 Å². The molecule has 0 bridgehead atoms. The van der Waals surface area contributed by atoms with Gasteiger partial charge in [0, 0.05) is 29.8 Å². The standard InChI is InChI=1S/C21H18FN3O2S/c1-14-2-3-16(10-18(14)22)24-21(28)25(12-15-6-8-23-9-7-15)17-4-5-19-20(11-17)27-13-26-19/h2-11H,12-13H2,1H3,(H,24,28). The number of thiocarbonyl (C=S) groups is 1. The average Bonchev–Trinajstić information content (AvgIpc) is 3.17. The van der Waals surface area contributed by atoms with Gasteiger partial charge in [-0.15, -0.1) is 0 Å². The van der Waals surface area contributed by atoms with Crippen molar-refractivity contribution >= 4 is 28.7 Å². The van der Waals surface area contributed by atoms with E-state index in [4.69, 9.17) is 21.7 Å². The smallest absolute Gasteiger partial charge is 0.231 e. The van der Waals surface area contributed by atoms with Crippen LogP contribution in [0.2, 0.25) is 0 Å². The Kier molecular flexibility index (Phi) is 5.08. The van der Waals surface area contributed by atoms with E-state index in [1.807, 2.05) is 35.2 Å². The molecular formula is C21H18FN3O2S. The van der Waals surface area contributed by atoms with Crippen LogP contribution in [0.5, 0.6) is 11.5 Å². The van der Waals surface area contributed by atoms with Crippen molar-refractivity contribution in [3.63, 3.8) is 0 Å². The van der Waals surface area contributed by atoms with Gasteiger partial charge >= 0.3 is 0 Å². The SMILES string of the molecule is Cc1ccc(NC(=S)N(Cc2ccncc2)c2ccc3c(c2)OCO3)cc1F. The molecule has 0 unspecified atom stereocenters. The van der Waals surface area contributed by atoms with Gasteiger partial charge in [-0.05, 0) is 66.7 Å². The molecule has 1 aromatic heterocycles. The van der Waals surface area contributed by atoms with Crippen LogP contribution >= 0.6 is 12.2 Å². The lowest BCUT2D eigenvalue weighted by molar-refractivity contribution is 0.174. The molecular weight excluding hydrogens is 377 g/mol. The van der Waals surface area contributed by atoms with Crippen LogP contribution in [-0.4, -0.2) is 16.9 Å². The molecule has 2 aromatic carbocycles. The lowest BCUT2D eigenvalue weighted by Crippen LogP contribution is -2.34. The molecule has 3 aromatic rings. The number of ether oxygens (including phenoxy) is 2. The van der Waals surface area contributed by atoms with E-state index in [0.717, 1.165) is 11.3 Å². The Bertz CT molecular complexity index is 1010. The highest BCUT2D eigenvalue weighted by molar-refractivity contribution is 7.80. The number of nitrogens with zero attached hydrogens (tertiary/aromatic N) is 2. The molecule has 28 heavy (non-hydrogen) atoms. The zero-order valence-corrected chi connectivity index (χ0v) is 16.0. The Morgan fingerprint density at radius 1 is 1.11 bits per heavy atom. The van der Waals surface area contributed by atoms with Crippen molar-refractivity contribution < 1.29 is 13.9 Å². The minimum Gasteiger partial charge on any atom is -0.454 e. The molecule has 0 saturated carbocycles. The van der Waals surface area contributed by atoms with Crippen molar-refractivity contribution in [2.75, 3.05) is 17.0 Å². The van der Waals surface area contributed by atoms with Gasteiger partial charge in [0.1, 0.15) is 5.82 Å². The number of aromatic nitrogens is 1. The summed E-state index contributed by atoms with van der Waals surface area (Å²) in [4.78, 5) is 5.98. The predicted octanol–water partition coefficient (Wildman–Crippen LogP) is 4.66. The molecule has 0 aliphatic carbocycles. The van der Waals surface area contributed by atoms with Crippen molar-refractivity contribution in [2.45, 2.75) is 13.5 Å².